The number of amides is 1. The molecule has 1 aliphatic rings. The Bertz CT molecular complexity index is 931. The highest BCUT2D eigenvalue weighted by Crippen LogP contribution is 2.36. The quantitative estimate of drug-likeness (QED) is 0.581. The number of phenols is 1. The summed E-state index contributed by atoms with van der Waals surface area (Å²) in [6, 6.07) is 10.1. The lowest BCUT2D eigenvalue weighted by molar-refractivity contribution is -0.113. The molecule has 0 radical (unpaired) electrons. The van der Waals surface area contributed by atoms with Crippen molar-refractivity contribution in [2.45, 2.75) is 6.92 Å². The van der Waals surface area contributed by atoms with Gasteiger partial charge in [0.1, 0.15) is 5.70 Å². The molecule has 0 unspecified atom stereocenters. The zero-order valence-corrected chi connectivity index (χ0v) is 16.0. The van der Waals surface area contributed by atoms with E-state index < -0.39 is 0 Å². The Hall–Kier alpha value is -2.28. The van der Waals surface area contributed by atoms with Crippen LogP contribution in [-0.2, 0) is 4.79 Å². The van der Waals surface area contributed by atoms with Crippen LogP contribution in [0.4, 0.5) is 5.69 Å². The van der Waals surface area contributed by atoms with Gasteiger partial charge in [-0.25, -0.2) is 0 Å². The third-order valence-electron chi connectivity index (χ3n) is 3.63. The summed E-state index contributed by atoms with van der Waals surface area (Å²) < 4.78 is 5.35. The van der Waals surface area contributed by atoms with E-state index in [0.717, 1.165) is 0 Å². The van der Waals surface area contributed by atoms with Gasteiger partial charge in [0.25, 0.3) is 5.91 Å². The standard InChI is InChI=1S/C18H14Cl2N2O3S/c1-2-25-15-9-10(7-12(20)16(15)23)8-13-17(24)22(18(26)21-13)14-6-4-3-5-11(14)19/h3-9,23H,2H2,1H3,(H,21,26)/b13-8-. The third-order valence-corrected chi connectivity index (χ3v) is 4.53. The van der Waals surface area contributed by atoms with E-state index in [0.29, 0.717) is 22.9 Å². The average Bonchev–Trinajstić information content (AvgIpc) is 2.87. The number of thiocarbonyl (C=S) groups is 1. The molecule has 3 rings (SSSR count). The predicted octanol–water partition coefficient (Wildman–Crippen LogP) is 4.36. The van der Waals surface area contributed by atoms with E-state index in [-0.39, 0.29) is 33.2 Å². The van der Waals surface area contributed by atoms with Crippen LogP contribution in [0.2, 0.25) is 10.0 Å². The summed E-state index contributed by atoms with van der Waals surface area (Å²) >= 11 is 17.5. The summed E-state index contributed by atoms with van der Waals surface area (Å²) in [5, 5.41) is 13.6. The first kappa shape index (κ1) is 18.5. The van der Waals surface area contributed by atoms with Crippen molar-refractivity contribution in [2.24, 2.45) is 0 Å². The Morgan fingerprint density at radius 1 is 1.27 bits per heavy atom. The number of rotatable bonds is 4. The Morgan fingerprint density at radius 2 is 2.00 bits per heavy atom. The van der Waals surface area contributed by atoms with Gasteiger partial charge in [-0.3, -0.25) is 9.69 Å². The van der Waals surface area contributed by atoms with Crippen molar-refractivity contribution in [2.75, 3.05) is 11.5 Å². The van der Waals surface area contributed by atoms with Crippen molar-refractivity contribution in [3.05, 3.63) is 57.7 Å². The number of anilines is 1. The zero-order valence-electron chi connectivity index (χ0n) is 13.6. The topological polar surface area (TPSA) is 61.8 Å². The van der Waals surface area contributed by atoms with Gasteiger partial charge in [0.05, 0.1) is 22.3 Å². The molecule has 26 heavy (non-hydrogen) atoms. The normalized spacial score (nSPS) is 15.5. The van der Waals surface area contributed by atoms with E-state index in [1.165, 1.54) is 11.0 Å². The van der Waals surface area contributed by atoms with Gasteiger partial charge in [-0.1, -0.05) is 35.3 Å². The minimum absolute atomic E-state index is 0.124. The van der Waals surface area contributed by atoms with Crippen molar-refractivity contribution in [1.82, 2.24) is 5.32 Å². The Balaban J connectivity index is 1.97. The molecule has 2 N–H and O–H groups in total. The fraction of sp³-hybridized carbons (Fsp3) is 0.111. The molecule has 1 fully saturated rings. The van der Waals surface area contributed by atoms with Crippen molar-refractivity contribution < 1.29 is 14.6 Å². The molecule has 0 aromatic heterocycles. The number of aromatic hydroxyl groups is 1. The molecule has 2 aromatic rings. The van der Waals surface area contributed by atoms with Gasteiger partial charge in [0.2, 0.25) is 0 Å². The largest absolute Gasteiger partial charge is 0.503 e. The number of carbonyl (C=O) groups is 1. The van der Waals surface area contributed by atoms with Crippen LogP contribution in [0, 0.1) is 0 Å². The Kier molecular flexibility index (Phi) is 5.36. The van der Waals surface area contributed by atoms with Crippen LogP contribution in [-0.4, -0.2) is 22.7 Å². The molecule has 0 aliphatic carbocycles. The molecule has 1 saturated heterocycles. The lowest BCUT2D eigenvalue weighted by Crippen LogP contribution is -2.30. The van der Waals surface area contributed by atoms with E-state index in [4.69, 9.17) is 40.2 Å². The number of carbonyl (C=O) groups excluding carboxylic acids is 1. The fourth-order valence-corrected chi connectivity index (χ4v) is 3.23. The molecule has 134 valence electrons. The molecule has 2 aromatic carbocycles. The van der Waals surface area contributed by atoms with Gasteiger partial charge in [-0.05, 0) is 55.0 Å². The minimum Gasteiger partial charge on any atom is -0.503 e. The van der Waals surface area contributed by atoms with Crippen molar-refractivity contribution >= 4 is 58.2 Å². The first-order valence-corrected chi connectivity index (χ1v) is 8.85. The van der Waals surface area contributed by atoms with Crippen molar-refractivity contribution in [1.29, 1.82) is 0 Å². The molecular formula is C18H14Cl2N2O3S. The predicted molar refractivity (Wildman–Crippen MR) is 107 cm³/mol. The third kappa shape index (κ3) is 3.49. The van der Waals surface area contributed by atoms with E-state index in [9.17, 15) is 9.90 Å². The zero-order chi connectivity index (χ0) is 18.8. The van der Waals surface area contributed by atoms with Crippen LogP contribution in [0.25, 0.3) is 6.08 Å². The first-order chi connectivity index (χ1) is 12.4. The highest BCUT2D eigenvalue weighted by atomic mass is 35.5. The van der Waals surface area contributed by atoms with Gasteiger partial charge in [-0.15, -0.1) is 0 Å². The monoisotopic (exact) mass is 408 g/mol. The number of halogens is 2. The first-order valence-electron chi connectivity index (χ1n) is 7.69. The van der Waals surface area contributed by atoms with Gasteiger partial charge in [0.15, 0.2) is 16.6 Å². The number of nitrogens with one attached hydrogen (secondary N) is 1. The molecule has 5 nitrogen and oxygen atoms in total. The van der Waals surface area contributed by atoms with Gasteiger partial charge in [0, 0.05) is 0 Å². The summed E-state index contributed by atoms with van der Waals surface area (Å²) in [7, 11) is 0. The van der Waals surface area contributed by atoms with Crippen LogP contribution >= 0.6 is 35.4 Å². The minimum atomic E-state index is -0.342. The maximum Gasteiger partial charge on any atom is 0.281 e. The van der Waals surface area contributed by atoms with Crippen LogP contribution in [0.1, 0.15) is 12.5 Å². The molecule has 1 amide bonds. The number of phenolic OH excluding ortho intramolecular Hbond substituents is 1. The lowest BCUT2D eigenvalue weighted by Gasteiger charge is -2.15. The summed E-state index contributed by atoms with van der Waals surface area (Å²) in [6.45, 7) is 2.16. The Labute approximate surface area is 165 Å². The van der Waals surface area contributed by atoms with E-state index >= 15 is 0 Å². The maximum absolute atomic E-state index is 12.8. The maximum atomic E-state index is 12.8. The second-order valence-electron chi connectivity index (χ2n) is 5.36. The van der Waals surface area contributed by atoms with Gasteiger partial charge in [-0.2, -0.15) is 0 Å². The number of hydrogen-bond acceptors (Lipinski definition) is 4. The van der Waals surface area contributed by atoms with E-state index in [1.54, 1.807) is 43.3 Å². The van der Waals surface area contributed by atoms with Crippen LogP contribution in [0.15, 0.2) is 42.1 Å². The number of hydrogen-bond donors (Lipinski definition) is 2. The van der Waals surface area contributed by atoms with E-state index in [1.807, 2.05) is 0 Å². The summed E-state index contributed by atoms with van der Waals surface area (Å²) in [6.07, 6.45) is 1.58. The molecule has 0 saturated carbocycles. The SMILES string of the molecule is CCOc1cc(/C=C2\NC(=S)N(c3ccccc3Cl)C2=O)cc(Cl)c1O. The molecular weight excluding hydrogens is 395 g/mol. The van der Waals surface area contributed by atoms with Crippen LogP contribution < -0.4 is 15.0 Å². The second kappa shape index (κ2) is 7.53. The molecule has 0 bridgehead atoms. The summed E-state index contributed by atoms with van der Waals surface area (Å²) in [4.78, 5) is 14.1. The highest BCUT2D eigenvalue weighted by molar-refractivity contribution is 7.80. The molecule has 0 spiro atoms. The Morgan fingerprint density at radius 3 is 2.69 bits per heavy atom. The number of nitrogens with zero attached hydrogens (tertiary/aromatic N) is 1. The summed E-state index contributed by atoms with van der Waals surface area (Å²) in [5.41, 5.74) is 1.34. The number of ether oxygens (including phenoxy) is 1. The molecule has 8 heteroatoms. The fourth-order valence-electron chi connectivity index (χ4n) is 2.50. The average molecular weight is 409 g/mol. The lowest BCUT2D eigenvalue weighted by atomic mass is 10.1. The van der Waals surface area contributed by atoms with Crippen molar-refractivity contribution in [3.8, 4) is 11.5 Å². The molecule has 1 aliphatic heterocycles. The smallest absolute Gasteiger partial charge is 0.281 e. The second-order valence-corrected chi connectivity index (χ2v) is 6.56. The van der Waals surface area contributed by atoms with Crippen LogP contribution in [0.5, 0.6) is 11.5 Å². The van der Waals surface area contributed by atoms with Crippen molar-refractivity contribution in [3.63, 3.8) is 0 Å². The highest BCUT2D eigenvalue weighted by Gasteiger charge is 2.33. The van der Waals surface area contributed by atoms with Crippen LogP contribution in [0.3, 0.4) is 0 Å². The number of para-hydroxylation sites is 1. The number of benzene rings is 2. The molecule has 1 heterocycles. The molecule has 0 atom stereocenters. The summed E-state index contributed by atoms with van der Waals surface area (Å²) in [5.74, 6) is -0.248. The van der Waals surface area contributed by atoms with Gasteiger partial charge < -0.3 is 15.2 Å². The van der Waals surface area contributed by atoms with E-state index in [2.05, 4.69) is 5.32 Å². The van der Waals surface area contributed by atoms with Gasteiger partial charge >= 0.3 is 0 Å².